The second kappa shape index (κ2) is 6.45. The minimum Gasteiger partial charge on any atom is -0.545 e. The first-order chi connectivity index (χ1) is 7.64. The average Bonchev–Trinajstić information content (AvgIpc) is 2.14. The molecule has 0 unspecified atom stereocenters. The molecule has 0 aliphatic heterocycles. The van der Waals surface area contributed by atoms with Crippen LogP contribution in [0.25, 0.3) is 0 Å². The maximum Gasteiger partial charge on any atom is 0.334 e. The second-order valence-electron chi connectivity index (χ2n) is 5.36. The van der Waals surface area contributed by atoms with Crippen molar-refractivity contribution in [2.24, 2.45) is 0 Å². The standard InChI is InChI=1S/C12H23ClO3Si/c1-7-15-11(14)8-10(9-13)16-17(5,6)12(2,3)4/h8H,7,9H2,1-6H3/b10-8+. The van der Waals surface area contributed by atoms with Gasteiger partial charge in [-0.15, -0.1) is 11.6 Å². The molecule has 17 heavy (non-hydrogen) atoms. The van der Waals surface area contributed by atoms with Crippen molar-refractivity contribution in [2.45, 2.75) is 45.8 Å². The fourth-order valence-electron chi connectivity index (χ4n) is 0.892. The van der Waals surface area contributed by atoms with Crippen LogP contribution >= 0.6 is 11.6 Å². The van der Waals surface area contributed by atoms with Crippen LogP contribution in [-0.2, 0) is 14.0 Å². The molecule has 100 valence electrons. The second-order valence-corrected chi connectivity index (χ2v) is 10.4. The van der Waals surface area contributed by atoms with Crippen LogP contribution in [0, 0.1) is 0 Å². The van der Waals surface area contributed by atoms with E-state index in [2.05, 4.69) is 33.9 Å². The molecule has 0 aliphatic carbocycles. The van der Waals surface area contributed by atoms with Crippen molar-refractivity contribution in [3.05, 3.63) is 11.8 Å². The van der Waals surface area contributed by atoms with Crippen molar-refractivity contribution in [1.29, 1.82) is 0 Å². The van der Waals surface area contributed by atoms with Crippen LogP contribution in [0.2, 0.25) is 18.1 Å². The number of halogens is 1. The first-order valence-electron chi connectivity index (χ1n) is 5.76. The number of ether oxygens (including phenoxy) is 1. The number of hydrogen-bond donors (Lipinski definition) is 0. The fraction of sp³-hybridized carbons (Fsp3) is 0.750. The Morgan fingerprint density at radius 3 is 2.24 bits per heavy atom. The van der Waals surface area contributed by atoms with Gasteiger partial charge >= 0.3 is 5.97 Å². The number of carbonyl (C=O) groups is 1. The van der Waals surface area contributed by atoms with Crippen molar-refractivity contribution in [3.63, 3.8) is 0 Å². The largest absolute Gasteiger partial charge is 0.545 e. The third kappa shape index (κ3) is 5.59. The van der Waals surface area contributed by atoms with Gasteiger partial charge in [0.15, 0.2) is 0 Å². The number of carbonyl (C=O) groups excluding carboxylic acids is 1. The zero-order valence-corrected chi connectivity index (χ0v) is 13.4. The molecule has 3 nitrogen and oxygen atoms in total. The third-order valence-electron chi connectivity index (χ3n) is 2.89. The van der Waals surface area contributed by atoms with Gasteiger partial charge in [0.2, 0.25) is 8.32 Å². The van der Waals surface area contributed by atoms with Crippen LogP contribution in [0.4, 0.5) is 0 Å². The lowest BCUT2D eigenvalue weighted by Gasteiger charge is -2.36. The van der Waals surface area contributed by atoms with Crippen LogP contribution in [0.5, 0.6) is 0 Å². The molecule has 0 aromatic carbocycles. The molecule has 0 atom stereocenters. The molecule has 0 radical (unpaired) electrons. The normalized spacial score (nSPS) is 13.5. The van der Waals surface area contributed by atoms with Crippen LogP contribution in [0.3, 0.4) is 0 Å². The lowest BCUT2D eigenvalue weighted by molar-refractivity contribution is -0.137. The quantitative estimate of drug-likeness (QED) is 0.253. The summed E-state index contributed by atoms with van der Waals surface area (Å²) in [5.41, 5.74) is 0. The Bertz CT molecular complexity index is 293. The lowest BCUT2D eigenvalue weighted by Crippen LogP contribution is -2.40. The van der Waals surface area contributed by atoms with E-state index < -0.39 is 14.3 Å². The van der Waals surface area contributed by atoms with E-state index in [4.69, 9.17) is 20.8 Å². The molecule has 0 aromatic heterocycles. The molecule has 0 N–H and O–H groups in total. The van der Waals surface area contributed by atoms with Crippen molar-refractivity contribution in [1.82, 2.24) is 0 Å². The van der Waals surface area contributed by atoms with E-state index in [0.29, 0.717) is 12.4 Å². The number of alkyl halides is 1. The highest BCUT2D eigenvalue weighted by molar-refractivity contribution is 6.74. The molecule has 0 bridgehead atoms. The Hall–Kier alpha value is -0.483. The summed E-state index contributed by atoms with van der Waals surface area (Å²) in [6.45, 7) is 12.7. The molecule has 0 saturated heterocycles. The van der Waals surface area contributed by atoms with E-state index >= 15 is 0 Å². The van der Waals surface area contributed by atoms with Gasteiger partial charge in [-0.25, -0.2) is 4.79 Å². The summed E-state index contributed by atoms with van der Waals surface area (Å²) >= 11 is 5.79. The molecule has 0 amide bonds. The Morgan fingerprint density at radius 1 is 1.35 bits per heavy atom. The van der Waals surface area contributed by atoms with Gasteiger partial charge in [0, 0.05) is 0 Å². The summed E-state index contributed by atoms with van der Waals surface area (Å²) in [5.74, 6) is 0.282. The molecule has 0 aromatic rings. The minimum atomic E-state index is -1.94. The number of rotatable bonds is 5. The zero-order valence-electron chi connectivity index (χ0n) is 11.6. The van der Waals surface area contributed by atoms with E-state index in [1.54, 1.807) is 6.92 Å². The van der Waals surface area contributed by atoms with Crippen LogP contribution in [0.15, 0.2) is 11.8 Å². The van der Waals surface area contributed by atoms with E-state index in [0.717, 1.165) is 0 Å². The van der Waals surface area contributed by atoms with Gasteiger partial charge in [0.25, 0.3) is 0 Å². The van der Waals surface area contributed by atoms with E-state index in [1.807, 2.05) is 0 Å². The summed E-state index contributed by atoms with van der Waals surface area (Å²) in [5, 5.41) is 0.0762. The smallest absolute Gasteiger partial charge is 0.334 e. The minimum absolute atomic E-state index is 0.0762. The molecule has 5 heteroatoms. The van der Waals surface area contributed by atoms with E-state index in [-0.39, 0.29) is 10.9 Å². The summed E-state index contributed by atoms with van der Waals surface area (Å²) in [7, 11) is -1.94. The third-order valence-corrected chi connectivity index (χ3v) is 7.54. The molecule has 0 heterocycles. The summed E-state index contributed by atoms with van der Waals surface area (Å²) in [4.78, 5) is 11.3. The molecule has 0 spiro atoms. The maximum absolute atomic E-state index is 11.3. The summed E-state index contributed by atoms with van der Waals surface area (Å²) in [6.07, 6.45) is 1.34. The monoisotopic (exact) mass is 278 g/mol. The van der Waals surface area contributed by atoms with E-state index in [1.165, 1.54) is 6.08 Å². The number of allylic oxidation sites excluding steroid dienone is 1. The van der Waals surface area contributed by atoms with Crippen LogP contribution in [0.1, 0.15) is 27.7 Å². The number of hydrogen-bond acceptors (Lipinski definition) is 3. The SMILES string of the molecule is CCOC(=O)/C=C(\CCl)O[Si](C)(C)C(C)(C)C. The first-order valence-corrected chi connectivity index (χ1v) is 9.20. The molecule has 0 aliphatic rings. The Kier molecular flexibility index (Phi) is 6.27. The molecule has 0 saturated carbocycles. The van der Waals surface area contributed by atoms with Gasteiger partial charge in [-0.1, -0.05) is 20.8 Å². The van der Waals surface area contributed by atoms with Crippen LogP contribution in [-0.4, -0.2) is 26.8 Å². The average molecular weight is 279 g/mol. The highest BCUT2D eigenvalue weighted by atomic mass is 35.5. The maximum atomic E-state index is 11.3. The molecular formula is C12H23ClO3Si. The predicted molar refractivity (Wildman–Crippen MR) is 73.7 cm³/mol. The van der Waals surface area contributed by atoms with E-state index in [9.17, 15) is 4.79 Å². The van der Waals surface area contributed by atoms with Crippen molar-refractivity contribution >= 4 is 25.9 Å². The Labute approximate surface area is 110 Å². The number of esters is 1. The van der Waals surface area contributed by atoms with Crippen molar-refractivity contribution in [3.8, 4) is 0 Å². The van der Waals surface area contributed by atoms with Crippen molar-refractivity contribution < 1.29 is 14.0 Å². The van der Waals surface area contributed by atoms with Gasteiger partial charge in [-0.05, 0) is 25.1 Å². The highest BCUT2D eigenvalue weighted by Gasteiger charge is 2.39. The van der Waals surface area contributed by atoms with Crippen LogP contribution < -0.4 is 0 Å². The van der Waals surface area contributed by atoms with Gasteiger partial charge in [0.1, 0.15) is 5.76 Å². The fourth-order valence-corrected chi connectivity index (χ4v) is 2.21. The highest BCUT2D eigenvalue weighted by Crippen LogP contribution is 2.37. The molecule has 0 rings (SSSR count). The molecular weight excluding hydrogens is 256 g/mol. The first kappa shape index (κ1) is 16.5. The predicted octanol–water partition coefficient (Wildman–Crippen LogP) is 3.69. The summed E-state index contributed by atoms with van der Waals surface area (Å²) < 4.78 is 10.8. The van der Waals surface area contributed by atoms with Gasteiger partial charge in [-0.3, -0.25) is 0 Å². The van der Waals surface area contributed by atoms with Gasteiger partial charge in [0.05, 0.1) is 18.6 Å². The summed E-state index contributed by atoms with van der Waals surface area (Å²) in [6, 6.07) is 0. The topological polar surface area (TPSA) is 35.5 Å². The Balaban J connectivity index is 4.77. The lowest BCUT2D eigenvalue weighted by atomic mass is 10.2. The molecule has 0 fully saturated rings. The van der Waals surface area contributed by atoms with Crippen molar-refractivity contribution in [2.75, 3.05) is 12.5 Å². The van der Waals surface area contributed by atoms with Gasteiger partial charge in [-0.2, -0.15) is 0 Å². The van der Waals surface area contributed by atoms with Gasteiger partial charge < -0.3 is 9.16 Å². The Morgan fingerprint density at radius 2 is 1.88 bits per heavy atom. The zero-order chi connectivity index (χ0) is 13.7.